The maximum atomic E-state index is 10.2. The third-order valence-corrected chi connectivity index (χ3v) is 3.65. The molecule has 0 aromatic carbocycles. The second-order valence-electron chi connectivity index (χ2n) is 4.39. The van der Waals surface area contributed by atoms with E-state index >= 15 is 0 Å². The van der Waals surface area contributed by atoms with E-state index in [-0.39, 0.29) is 0 Å². The Bertz CT molecular complexity index is 234. The van der Waals surface area contributed by atoms with Gasteiger partial charge in [-0.15, -0.1) is 0 Å². The Kier molecular flexibility index (Phi) is 2.05. The van der Waals surface area contributed by atoms with Crippen LogP contribution in [0.4, 0.5) is 0 Å². The van der Waals surface area contributed by atoms with Gasteiger partial charge < -0.3 is 10.4 Å². The number of nitriles is 1. The van der Waals surface area contributed by atoms with Gasteiger partial charge in [0.15, 0.2) is 0 Å². The van der Waals surface area contributed by atoms with E-state index in [0.717, 1.165) is 25.7 Å². The quantitative estimate of drug-likeness (QED) is 0.627. The van der Waals surface area contributed by atoms with E-state index in [4.69, 9.17) is 0 Å². The lowest BCUT2D eigenvalue weighted by molar-refractivity contribution is -0.108. The first-order valence-electron chi connectivity index (χ1n) is 5.07. The number of rotatable bonds is 1. The van der Waals surface area contributed by atoms with Crippen LogP contribution in [0.5, 0.6) is 0 Å². The highest BCUT2D eigenvalue weighted by Gasteiger charge is 2.54. The lowest BCUT2D eigenvalue weighted by atomic mass is 9.62. The molecule has 2 fully saturated rings. The Balaban J connectivity index is 2.18. The van der Waals surface area contributed by atoms with Gasteiger partial charge >= 0.3 is 0 Å². The van der Waals surface area contributed by atoms with E-state index in [1.165, 1.54) is 6.42 Å². The van der Waals surface area contributed by atoms with Crippen molar-refractivity contribution in [1.29, 1.82) is 5.26 Å². The molecule has 72 valence electrons. The fraction of sp³-hybridized carbons (Fsp3) is 0.900. The molecule has 0 aromatic rings. The maximum Gasteiger partial charge on any atom is 0.108 e. The van der Waals surface area contributed by atoms with Crippen molar-refractivity contribution in [2.24, 2.45) is 5.41 Å². The van der Waals surface area contributed by atoms with Gasteiger partial charge in [0.25, 0.3) is 0 Å². The Morgan fingerprint density at radius 2 is 1.77 bits per heavy atom. The van der Waals surface area contributed by atoms with E-state index in [1.807, 2.05) is 0 Å². The molecule has 1 aliphatic carbocycles. The van der Waals surface area contributed by atoms with E-state index in [1.54, 1.807) is 0 Å². The first kappa shape index (κ1) is 8.98. The zero-order valence-electron chi connectivity index (χ0n) is 7.84. The molecular formula is C10H16N2O. The molecule has 3 nitrogen and oxygen atoms in total. The molecule has 1 saturated carbocycles. The van der Waals surface area contributed by atoms with Crippen LogP contribution < -0.4 is 5.32 Å². The van der Waals surface area contributed by atoms with E-state index < -0.39 is 11.0 Å². The molecule has 2 aliphatic rings. The standard InChI is InChI=1S/C10H16N2O/c11-6-9(4-2-1-3-5-9)10(13)7-12-8-10/h12-13H,1-5,7-8H2. The molecule has 3 heteroatoms. The summed E-state index contributed by atoms with van der Waals surface area (Å²) in [4.78, 5) is 0. The predicted octanol–water partition coefficient (Wildman–Crippen LogP) is 0.795. The van der Waals surface area contributed by atoms with Crippen LogP contribution in [0.2, 0.25) is 0 Å². The number of nitrogens with one attached hydrogen (secondary N) is 1. The number of aliphatic hydroxyl groups is 1. The molecule has 1 aliphatic heterocycles. The fourth-order valence-electron chi connectivity index (χ4n) is 2.54. The summed E-state index contributed by atoms with van der Waals surface area (Å²) in [6.07, 6.45) is 5.15. The third kappa shape index (κ3) is 1.17. The van der Waals surface area contributed by atoms with Crippen molar-refractivity contribution in [3.8, 4) is 6.07 Å². The summed E-state index contributed by atoms with van der Waals surface area (Å²) >= 11 is 0. The predicted molar refractivity (Wildman–Crippen MR) is 49.0 cm³/mol. The van der Waals surface area contributed by atoms with Gasteiger partial charge in [0.1, 0.15) is 5.60 Å². The summed E-state index contributed by atoms with van der Waals surface area (Å²) in [7, 11) is 0. The molecule has 0 unspecified atom stereocenters. The van der Waals surface area contributed by atoms with Crippen molar-refractivity contribution in [3.05, 3.63) is 0 Å². The Morgan fingerprint density at radius 1 is 1.15 bits per heavy atom. The number of β-amino-alcohol motifs (C(OH)–C–C–N with tert-alkyl or cyclic N) is 1. The molecule has 0 spiro atoms. The summed E-state index contributed by atoms with van der Waals surface area (Å²) in [5, 5.41) is 22.5. The van der Waals surface area contributed by atoms with Crippen molar-refractivity contribution in [2.45, 2.75) is 37.7 Å². The summed E-state index contributed by atoms with van der Waals surface area (Å²) in [5.41, 5.74) is -1.18. The zero-order chi connectivity index (χ0) is 9.36. The molecular weight excluding hydrogens is 164 g/mol. The molecule has 2 N–H and O–H groups in total. The van der Waals surface area contributed by atoms with Crippen LogP contribution in [-0.4, -0.2) is 23.8 Å². The van der Waals surface area contributed by atoms with E-state index in [2.05, 4.69) is 11.4 Å². The Hall–Kier alpha value is -0.590. The molecule has 2 rings (SSSR count). The topological polar surface area (TPSA) is 56.0 Å². The number of hydrogen-bond acceptors (Lipinski definition) is 3. The second kappa shape index (κ2) is 2.97. The zero-order valence-corrected chi connectivity index (χ0v) is 7.84. The first-order valence-corrected chi connectivity index (χ1v) is 5.07. The van der Waals surface area contributed by atoms with Crippen molar-refractivity contribution in [1.82, 2.24) is 5.32 Å². The van der Waals surface area contributed by atoms with Crippen LogP contribution in [-0.2, 0) is 0 Å². The fourth-order valence-corrected chi connectivity index (χ4v) is 2.54. The summed E-state index contributed by atoms with van der Waals surface area (Å²) in [5.74, 6) is 0. The van der Waals surface area contributed by atoms with Gasteiger partial charge in [0.05, 0.1) is 11.5 Å². The highest BCUT2D eigenvalue weighted by molar-refractivity contribution is 5.17. The summed E-state index contributed by atoms with van der Waals surface area (Å²) < 4.78 is 0. The van der Waals surface area contributed by atoms with Crippen molar-refractivity contribution in [3.63, 3.8) is 0 Å². The van der Waals surface area contributed by atoms with Gasteiger partial charge in [-0.1, -0.05) is 19.3 Å². The van der Waals surface area contributed by atoms with Crippen LogP contribution in [0.3, 0.4) is 0 Å². The lowest BCUT2D eigenvalue weighted by Gasteiger charge is -2.50. The van der Waals surface area contributed by atoms with Gasteiger partial charge in [-0.3, -0.25) is 0 Å². The lowest BCUT2D eigenvalue weighted by Crippen LogP contribution is -2.68. The van der Waals surface area contributed by atoms with Gasteiger partial charge in [-0.25, -0.2) is 0 Å². The van der Waals surface area contributed by atoms with E-state index in [0.29, 0.717) is 13.1 Å². The maximum absolute atomic E-state index is 10.2. The highest BCUT2D eigenvalue weighted by atomic mass is 16.3. The highest BCUT2D eigenvalue weighted by Crippen LogP contribution is 2.46. The molecule has 1 saturated heterocycles. The summed E-state index contributed by atoms with van der Waals surface area (Å²) in [6, 6.07) is 2.37. The molecule has 0 bridgehead atoms. The molecule has 0 radical (unpaired) electrons. The molecule has 0 aromatic heterocycles. The van der Waals surface area contributed by atoms with Crippen LogP contribution in [0, 0.1) is 16.7 Å². The van der Waals surface area contributed by atoms with Gasteiger partial charge in [0, 0.05) is 13.1 Å². The largest absolute Gasteiger partial charge is 0.386 e. The van der Waals surface area contributed by atoms with Gasteiger partial charge in [0.2, 0.25) is 0 Å². The minimum Gasteiger partial charge on any atom is -0.386 e. The van der Waals surface area contributed by atoms with Crippen LogP contribution in [0.25, 0.3) is 0 Å². The van der Waals surface area contributed by atoms with Crippen LogP contribution in [0.15, 0.2) is 0 Å². The molecule has 1 heterocycles. The van der Waals surface area contributed by atoms with Crippen LogP contribution >= 0.6 is 0 Å². The van der Waals surface area contributed by atoms with E-state index in [9.17, 15) is 10.4 Å². The van der Waals surface area contributed by atoms with Crippen LogP contribution in [0.1, 0.15) is 32.1 Å². The monoisotopic (exact) mass is 180 g/mol. The molecule has 0 atom stereocenters. The normalized spacial score (nSPS) is 30.2. The SMILES string of the molecule is N#CC1(C2(O)CNC2)CCCCC1. The average Bonchev–Trinajstić information content (AvgIpc) is 2.15. The number of hydrogen-bond donors (Lipinski definition) is 2. The average molecular weight is 180 g/mol. The van der Waals surface area contributed by atoms with Crippen molar-refractivity contribution < 1.29 is 5.11 Å². The minimum atomic E-state index is -0.734. The van der Waals surface area contributed by atoms with Gasteiger partial charge in [-0.05, 0) is 12.8 Å². The Labute approximate surface area is 78.7 Å². The summed E-state index contributed by atoms with van der Waals surface area (Å²) in [6.45, 7) is 1.20. The molecule has 0 amide bonds. The van der Waals surface area contributed by atoms with Gasteiger partial charge in [-0.2, -0.15) is 5.26 Å². The second-order valence-corrected chi connectivity index (χ2v) is 4.39. The molecule has 13 heavy (non-hydrogen) atoms. The van der Waals surface area contributed by atoms with Crippen molar-refractivity contribution in [2.75, 3.05) is 13.1 Å². The Morgan fingerprint density at radius 3 is 2.15 bits per heavy atom. The minimum absolute atomic E-state index is 0.448. The van der Waals surface area contributed by atoms with Crippen molar-refractivity contribution >= 4 is 0 Å². The number of nitrogens with zero attached hydrogens (tertiary/aromatic N) is 1. The first-order chi connectivity index (χ1) is 6.22. The smallest absolute Gasteiger partial charge is 0.108 e. The third-order valence-electron chi connectivity index (χ3n) is 3.65.